The maximum absolute atomic E-state index is 11.6. The first-order valence-corrected chi connectivity index (χ1v) is 5.06. The molecule has 0 spiro atoms. The van der Waals surface area contributed by atoms with Crippen molar-refractivity contribution in [2.45, 2.75) is 20.3 Å². The Hall–Kier alpha value is -1.64. The fourth-order valence-electron chi connectivity index (χ4n) is 1.22. The van der Waals surface area contributed by atoms with Gasteiger partial charge in [0.2, 0.25) is 0 Å². The van der Waals surface area contributed by atoms with E-state index in [0.29, 0.717) is 12.1 Å². The number of nitrogens with zero attached hydrogens (tertiary/aromatic N) is 1. The van der Waals surface area contributed by atoms with Crippen LogP contribution in [0.5, 0.6) is 0 Å². The molecule has 0 aromatic carbocycles. The first-order chi connectivity index (χ1) is 7.24. The number of hydrogen-bond donors (Lipinski definition) is 1. The molecule has 1 aromatic rings. The molecule has 0 aliphatic heterocycles. The Morgan fingerprint density at radius 3 is 3.07 bits per heavy atom. The van der Waals surface area contributed by atoms with Crippen molar-refractivity contribution in [2.24, 2.45) is 0 Å². The van der Waals surface area contributed by atoms with E-state index in [9.17, 15) is 4.79 Å². The minimum atomic E-state index is -0.0370. The molecule has 0 fully saturated rings. The van der Waals surface area contributed by atoms with E-state index >= 15 is 0 Å². The van der Waals surface area contributed by atoms with Crippen molar-refractivity contribution in [3.8, 4) is 0 Å². The van der Waals surface area contributed by atoms with Crippen LogP contribution in [0.3, 0.4) is 0 Å². The highest BCUT2D eigenvalue weighted by Crippen LogP contribution is 2.00. The van der Waals surface area contributed by atoms with Gasteiger partial charge in [0.1, 0.15) is 0 Å². The molecular weight excluding hydrogens is 188 g/mol. The van der Waals surface area contributed by atoms with Gasteiger partial charge in [-0.3, -0.25) is 9.78 Å². The second kappa shape index (κ2) is 5.96. The van der Waals surface area contributed by atoms with Crippen LogP contribution in [-0.2, 0) is 0 Å². The summed E-state index contributed by atoms with van der Waals surface area (Å²) in [6.45, 7) is 4.51. The van der Waals surface area contributed by atoms with Crippen LogP contribution in [0, 0.1) is 6.92 Å². The topological polar surface area (TPSA) is 42.0 Å². The standard InChI is InChI=1S/C12H16N2O/c1-3-4-5-7-14-12(15)11-6-8-13-10(2)9-11/h3-4,6,8-9H,5,7H2,1-2H3,(H,14,15)/b4-3+. The van der Waals surface area contributed by atoms with Crippen LogP contribution in [0.1, 0.15) is 29.4 Å². The average molecular weight is 204 g/mol. The van der Waals surface area contributed by atoms with Crippen LogP contribution in [0.15, 0.2) is 30.5 Å². The number of nitrogens with one attached hydrogen (secondary N) is 1. The Morgan fingerprint density at radius 1 is 1.60 bits per heavy atom. The van der Waals surface area contributed by atoms with Gasteiger partial charge in [0.05, 0.1) is 0 Å². The molecule has 1 heterocycles. The summed E-state index contributed by atoms with van der Waals surface area (Å²) in [5, 5.41) is 2.84. The second-order valence-corrected chi connectivity index (χ2v) is 3.30. The van der Waals surface area contributed by atoms with Gasteiger partial charge in [-0.15, -0.1) is 0 Å². The van der Waals surface area contributed by atoms with E-state index in [1.165, 1.54) is 0 Å². The molecule has 0 radical (unpaired) electrons. The second-order valence-electron chi connectivity index (χ2n) is 3.30. The molecule has 0 aliphatic rings. The van der Waals surface area contributed by atoms with Crippen LogP contribution >= 0.6 is 0 Å². The number of aromatic nitrogens is 1. The molecule has 0 bridgehead atoms. The van der Waals surface area contributed by atoms with Gasteiger partial charge in [0, 0.05) is 24.0 Å². The highest BCUT2D eigenvalue weighted by Gasteiger charge is 2.03. The number of rotatable bonds is 4. The Bertz CT molecular complexity index is 358. The van der Waals surface area contributed by atoms with Crippen molar-refractivity contribution < 1.29 is 4.79 Å². The van der Waals surface area contributed by atoms with Gasteiger partial charge >= 0.3 is 0 Å². The van der Waals surface area contributed by atoms with E-state index in [1.54, 1.807) is 18.3 Å². The summed E-state index contributed by atoms with van der Waals surface area (Å²) in [6, 6.07) is 3.50. The molecule has 0 saturated carbocycles. The summed E-state index contributed by atoms with van der Waals surface area (Å²) in [4.78, 5) is 15.6. The third kappa shape index (κ3) is 3.94. The average Bonchev–Trinajstić information content (AvgIpc) is 2.24. The Kier molecular flexibility index (Phi) is 4.54. The fraction of sp³-hybridized carbons (Fsp3) is 0.333. The predicted molar refractivity (Wildman–Crippen MR) is 60.7 cm³/mol. The fourth-order valence-corrected chi connectivity index (χ4v) is 1.22. The largest absolute Gasteiger partial charge is 0.352 e. The molecule has 0 saturated heterocycles. The highest BCUT2D eigenvalue weighted by molar-refractivity contribution is 5.94. The molecule has 0 aliphatic carbocycles. The lowest BCUT2D eigenvalue weighted by Crippen LogP contribution is -2.24. The number of amides is 1. The molecule has 1 aromatic heterocycles. The van der Waals surface area contributed by atoms with Crippen LogP contribution in [0.2, 0.25) is 0 Å². The van der Waals surface area contributed by atoms with Crippen molar-refractivity contribution in [1.82, 2.24) is 10.3 Å². The lowest BCUT2D eigenvalue weighted by molar-refractivity contribution is 0.0954. The van der Waals surface area contributed by atoms with Gasteiger partial charge in [-0.2, -0.15) is 0 Å². The van der Waals surface area contributed by atoms with E-state index in [1.807, 2.05) is 26.0 Å². The van der Waals surface area contributed by atoms with Gasteiger partial charge in [0.25, 0.3) is 5.91 Å². The smallest absolute Gasteiger partial charge is 0.251 e. The van der Waals surface area contributed by atoms with Crippen LogP contribution < -0.4 is 5.32 Å². The Morgan fingerprint density at radius 2 is 2.40 bits per heavy atom. The number of carbonyl (C=O) groups excluding carboxylic acids is 1. The first-order valence-electron chi connectivity index (χ1n) is 5.06. The van der Waals surface area contributed by atoms with Crippen molar-refractivity contribution in [1.29, 1.82) is 0 Å². The highest BCUT2D eigenvalue weighted by atomic mass is 16.1. The molecule has 1 amide bonds. The molecule has 0 atom stereocenters. The number of hydrogen-bond acceptors (Lipinski definition) is 2. The van der Waals surface area contributed by atoms with Crippen LogP contribution in [0.4, 0.5) is 0 Å². The maximum Gasteiger partial charge on any atom is 0.251 e. The predicted octanol–water partition coefficient (Wildman–Crippen LogP) is 2.09. The summed E-state index contributed by atoms with van der Waals surface area (Å²) in [5.74, 6) is -0.0370. The molecule has 15 heavy (non-hydrogen) atoms. The molecule has 0 unspecified atom stereocenters. The summed E-state index contributed by atoms with van der Waals surface area (Å²) in [5.41, 5.74) is 1.53. The SMILES string of the molecule is C/C=C/CCNC(=O)c1ccnc(C)c1. The summed E-state index contributed by atoms with van der Waals surface area (Å²) >= 11 is 0. The lowest BCUT2D eigenvalue weighted by Gasteiger charge is -2.03. The van der Waals surface area contributed by atoms with Gasteiger partial charge in [0.15, 0.2) is 0 Å². The quantitative estimate of drug-likeness (QED) is 0.602. The van der Waals surface area contributed by atoms with E-state index in [2.05, 4.69) is 10.3 Å². The van der Waals surface area contributed by atoms with Gasteiger partial charge in [-0.05, 0) is 32.4 Å². The zero-order chi connectivity index (χ0) is 11.1. The van der Waals surface area contributed by atoms with Crippen molar-refractivity contribution in [3.05, 3.63) is 41.7 Å². The zero-order valence-corrected chi connectivity index (χ0v) is 9.16. The molecule has 1 N–H and O–H groups in total. The molecule has 1 rings (SSSR count). The van der Waals surface area contributed by atoms with Crippen molar-refractivity contribution in [3.63, 3.8) is 0 Å². The third-order valence-electron chi connectivity index (χ3n) is 1.99. The monoisotopic (exact) mass is 204 g/mol. The van der Waals surface area contributed by atoms with Gasteiger partial charge in [-0.1, -0.05) is 12.2 Å². The minimum Gasteiger partial charge on any atom is -0.352 e. The maximum atomic E-state index is 11.6. The van der Waals surface area contributed by atoms with E-state index in [0.717, 1.165) is 12.1 Å². The molecular formula is C12H16N2O. The molecule has 3 heteroatoms. The summed E-state index contributed by atoms with van der Waals surface area (Å²) in [7, 11) is 0. The van der Waals surface area contributed by atoms with Crippen LogP contribution in [0.25, 0.3) is 0 Å². The number of pyridine rings is 1. The Labute approximate surface area is 90.2 Å². The number of aryl methyl sites for hydroxylation is 1. The van der Waals surface area contributed by atoms with Gasteiger partial charge in [-0.25, -0.2) is 0 Å². The number of allylic oxidation sites excluding steroid dienone is 1. The van der Waals surface area contributed by atoms with E-state index in [-0.39, 0.29) is 5.91 Å². The minimum absolute atomic E-state index is 0.0370. The van der Waals surface area contributed by atoms with Gasteiger partial charge < -0.3 is 5.32 Å². The van der Waals surface area contributed by atoms with Crippen molar-refractivity contribution in [2.75, 3.05) is 6.54 Å². The third-order valence-corrected chi connectivity index (χ3v) is 1.99. The zero-order valence-electron chi connectivity index (χ0n) is 9.16. The normalized spacial score (nSPS) is 10.5. The van der Waals surface area contributed by atoms with Crippen LogP contribution in [-0.4, -0.2) is 17.4 Å². The van der Waals surface area contributed by atoms with Crippen molar-refractivity contribution >= 4 is 5.91 Å². The van der Waals surface area contributed by atoms with E-state index < -0.39 is 0 Å². The summed E-state index contributed by atoms with van der Waals surface area (Å²) in [6.07, 6.45) is 6.52. The lowest BCUT2D eigenvalue weighted by atomic mass is 10.2. The molecule has 3 nitrogen and oxygen atoms in total. The Balaban J connectivity index is 2.47. The molecule has 80 valence electrons. The van der Waals surface area contributed by atoms with E-state index in [4.69, 9.17) is 0 Å². The number of carbonyl (C=O) groups is 1. The summed E-state index contributed by atoms with van der Waals surface area (Å²) < 4.78 is 0. The first kappa shape index (κ1) is 11.4.